The van der Waals surface area contributed by atoms with Crippen LogP contribution in [0, 0.1) is 5.92 Å². The molecule has 0 saturated heterocycles. The van der Waals surface area contributed by atoms with E-state index < -0.39 is 17.9 Å². The maximum absolute atomic E-state index is 13.3. The molecular formula is C41H50O5. The van der Waals surface area contributed by atoms with Gasteiger partial charge in [0.15, 0.2) is 0 Å². The van der Waals surface area contributed by atoms with E-state index in [-0.39, 0.29) is 30.1 Å². The molecule has 0 saturated carbocycles. The van der Waals surface area contributed by atoms with Gasteiger partial charge < -0.3 is 9.47 Å². The summed E-state index contributed by atoms with van der Waals surface area (Å²) in [4.78, 5) is 38.5. The first-order valence-electron chi connectivity index (χ1n) is 16.5. The molecule has 0 aromatic heterocycles. The number of benzene rings is 2. The second kappa shape index (κ2) is 24.8. The topological polar surface area (TPSA) is 69.7 Å². The lowest BCUT2D eigenvalue weighted by atomic mass is 9.93. The zero-order valence-corrected chi connectivity index (χ0v) is 27.5. The van der Waals surface area contributed by atoms with Crippen LogP contribution in [0.1, 0.15) is 87.6 Å². The highest BCUT2D eigenvalue weighted by molar-refractivity contribution is 5.94. The van der Waals surface area contributed by atoms with Gasteiger partial charge in [-0.25, -0.2) is 4.79 Å². The molecule has 0 N–H and O–H groups in total. The van der Waals surface area contributed by atoms with E-state index >= 15 is 0 Å². The molecule has 0 fully saturated rings. The second-order valence-electron chi connectivity index (χ2n) is 10.7. The lowest BCUT2D eigenvalue weighted by molar-refractivity contribution is -0.141. The molecule has 0 aliphatic carbocycles. The van der Waals surface area contributed by atoms with Gasteiger partial charge in [0.1, 0.15) is 17.1 Å². The fraction of sp³-hybridized carbons (Fsp3) is 0.341. The average Bonchev–Trinajstić information content (AvgIpc) is 3.06. The van der Waals surface area contributed by atoms with E-state index in [1.54, 1.807) is 31.2 Å². The summed E-state index contributed by atoms with van der Waals surface area (Å²) in [6.45, 7) is 4.07. The smallest absolute Gasteiger partial charge is 0.341 e. The van der Waals surface area contributed by atoms with Crippen molar-refractivity contribution < 1.29 is 23.9 Å². The number of para-hydroxylation sites is 1. The van der Waals surface area contributed by atoms with Crippen LogP contribution in [-0.2, 0) is 20.7 Å². The van der Waals surface area contributed by atoms with Crippen molar-refractivity contribution in [2.75, 3.05) is 6.61 Å². The van der Waals surface area contributed by atoms with Crippen LogP contribution in [0.5, 0.6) is 5.75 Å². The molecule has 0 heterocycles. The first kappa shape index (κ1) is 37.7. The van der Waals surface area contributed by atoms with Crippen molar-refractivity contribution in [2.45, 2.75) is 78.1 Å². The van der Waals surface area contributed by atoms with Gasteiger partial charge in [-0.05, 0) is 76.0 Å². The Bertz CT molecular complexity index is 1340. The molecule has 0 aliphatic heterocycles. The van der Waals surface area contributed by atoms with Crippen LogP contribution in [0.4, 0.5) is 0 Å². The number of esters is 2. The van der Waals surface area contributed by atoms with Gasteiger partial charge in [-0.2, -0.15) is 0 Å². The summed E-state index contributed by atoms with van der Waals surface area (Å²) in [7, 11) is 0. The van der Waals surface area contributed by atoms with Gasteiger partial charge >= 0.3 is 11.9 Å². The van der Waals surface area contributed by atoms with E-state index in [0.29, 0.717) is 19.3 Å². The first-order valence-corrected chi connectivity index (χ1v) is 16.5. The lowest BCUT2D eigenvalue weighted by Crippen LogP contribution is -2.26. The van der Waals surface area contributed by atoms with Gasteiger partial charge in [0, 0.05) is 12.8 Å². The minimum Gasteiger partial charge on any atom is -0.462 e. The largest absolute Gasteiger partial charge is 0.462 e. The average molecular weight is 623 g/mol. The standard InChI is InChI=1S/C41H50O5/c1-3-5-6-7-8-9-10-11-12-13-14-15-16-17-18-19-20-21-25-30-37(42)34-36(33-35-28-23-22-24-29-35)40(43)46-39-32-27-26-31-38(39)41(44)45-4-2/h5-6,8-9,11-12,14-15,17-18,20-24,26-29,31-32,36H,3-4,7,10,13,16,19,25,30,33-34H2,1-2H3/b6-5-,9-8-,12-11-,15-14-,18-17-,21-20-. The monoisotopic (exact) mass is 622 g/mol. The number of hydrogen-bond acceptors (Lipinski definition) is 5. The molecule has 1 atom stereocenters. The molecule has 0 amide bonds. The summed E-state index contributed by atoms with van der Waals surface area (Å²) in [6, 6.07) is 16.1. The Labute approximate surface area is 276 Å². The van der Waals surface area contributed by atoms with E-state index in [1.807, 2.05) is 36.4 Å². The quantitative estimate of drug-likeness (QED) is 0.0742. The van der Waals surface area contributed by atoms with Crippen molar-refractivity contribution in [1.82, 2.24) is 0 Å². The highest BCUT2D eigenvalue weighted by atomic mass is 16.5. The van der Waals surface area contributed by atoms with Crippen molar-refractivity contribution in [3.8, 4) is 5.75 Å². The Morgan fingerprint density at radius 2 is 1.17 bits per heavy atom. The third-order valence-electron chi connectivity index (χ3n) is 6.91. The zero-order valence-electron chi connectivity index (χ0n) is 27.5. The minimum absolute atomic E-state index is 0.00362. The molecule has 5 heteroatoms. The van der Waals surface area contributed by atoms with Crippen LogP contribution in [0.3, 0.4) is 0 Å². The summed E-state index contributed by atoms with van der Waals surface area (Å²) in [5.74, 6) is -1.64. The Kier molecular flexibility index (Phi) is 20.3. The fourth-order valence-electron chi connectivity index (χ4n) is 4.52. The van der Waals surface area contributed by atoms with Crippen molar-refractivity contribution in [3.63, 3.8) is 0 Å². The number of allylic oxidation sites excluding steroid dienone is 12. The van der Waals surface area contributed by atoms with Crippen LogP contribution >= 0.6 is 0 Å². The molecule has 0 bridgehead atoms. The molecule has 0 radical (unpaired) electrons. The number of hydrogen-bond donors (Lipinski definition) is 0. The molecule has 0 spiro atoms. The third-order valence-corrected chi connectivity index (χ3v) is 6.91. The first-order chi connectivity index (χ1) is 22.5. The lowest BCUT2D eigenvalue weighted by Gasteiger charge is -2.17. The fourth-order valence-corrected chi connectivity index (χ4v) is 4.52. The van der Waals surface area contributed by atoms with Crippen LogP contribution < -0.4 is 4.74 Å². The van der Waals surface area contributed by atoms with E-state index in [0.717, 1.165) is 44.1 Å². The van der Waals surface area contributed by atoms with E-state index in [2.05, 4.69) is 73.8 Å². The number of rotatable bonds is 22. The van der Waals surface area contributed by atoms with Gasteiger partial charge in [0.2, 0.25) is 0 Å². The Hall–Kier alpha value is -4.51. The number of carbonyl (C=O) groups is 3. The summed E-state index contributed by atoms with van der Waals surface area (Å²) in [6.07, 6.45) is 32.9. The predicted octanol–water partition coefficient (Wildman–Crippen LogP) is 10.1. The van der Waals surface area contributed by atoms with Gasteiger partial charge in [0.05, 0.1) is 12.5 Å². The molecular weight excluding hydrogens is 572 g/mol. The van der Waals surface area contributed by atoms with E-state index in [9.17, 15) is 14.4 Å². The van der Waals surface area contributed by atoms with Crippen LogP contribution in [-0.4, -0.2) is 24.3 Å². The van der Waals surface area contributed by atoms with Crippen molar-refractivity contribution in [3.05, 3.63) is 139 Å². The summed E-state index contributed by atoms with van der Waals surface area (Å²) in [5.41, 5.74) is 1.12. The normalized spacial score (nSPS) is 12.7. The van der Waals surface area contributed by atoms with Crippen molar-refractivity contribution >= 4 is 17.7 Å². The highest BCUT2D eigenvalue weighted by Crippen LogP contribution is 2.23. The van der Waals surface area contributed by atoms with Gasteiger partial charge in [-0.1, -0.05) is 122 Å². The summed E-state index contributed by atoms with van der Waals surface area (Å²) >= 11 is 0. The molecule has 2 aromatic rings. The minimum atomic E-state index is -0.671. The Morgan fingerprint density at radius 1 is 0.652 bits per heavy atom. The summed E-state index contributed by atoms with van der Waals surface area (Å²) < 4.78 is 10.8. The van der Waals surface area contributed by atoms with Crippen molar-refractivity contribution in [2.24, 2.45) is 5.92 Å². The summed E-state index contributed by atoms with van der Waals surface area (Å²) in [5, 5.41) is 0. The van der Waals surface area contributed by atoms with Crippen LogP contribution in [0.2, 0.25) is 0 Å². The Morgan fingerprint density at radius 3 is 1.74 bits per heavy atom. The number of ketones is 1. The molecule has 2 rings (SSSR count). The number of ether oxygens (including phenoxy) is 2. The zero-order chi connectivity index (χ0) is 33.1. The second-order valence-corrected chi connectivity index (χ2v) is 10.7. The Balaban J connectivity index is 1.76. The maximum Gasteiger partial charge on any atom is 0.341 e. The highest BCUT2D eigenvalue weighted by Gasteiger charge is 2.26. The molecule has 46 heavy (non-hydrogen) atoms. The van der Waals surface area contributed by atoms with Crippen LogP contribution in [0.25, 0.3) is 0 Å². The molecule has 5 nitrogen and oxygen atoms in total. The van der Waals surface area contributed by atoms with Gasteiger partial charge in [-0.3, -0.25) is 9.59 Å². The molecule has 244 valence electrons. The van der Waals surface area contributed by atoms with Crippen molar-refractivity contribution in [1.29, 1.82) is 0 Å². The number of Topliss-reactive ketones (excluding diaryl/α,β-unsaturated/α-hetero) is 1. The molecule has 1 unspecified atom stereocenters. The maximum atomic E-state index is 13.3. The number of carbonyl (C=O) groups excluding carboxylic acids is 3. The van der Waals surface area contributed by atoms with E-state index in [1.165, 1.54) is 0 Å². The predicted molar refractivity (Wildman–Crippen MR) is 189 cm³/mol. The van der Waals surface area contributed by atoms with E-state index in [4.69, 9.17) is 9.47 Å². The van der Waals surface area contributed by atoms with Gasteiger partial charge in [-0.15, -0.1) is 0 Å². The molecule has 2 aromatic carbocycles. The third kappa shape index (κ3) is 17.1. The SMILES string of the molecule is CC/C=C\C/C=C\C/C=C\C/C=C\C/C=C\C/C=C\CCC(=O)CC(Cc1ccccc1)C(=O)Oc1ccccc1C(=O)OCC. The molecule has 0 aliphatic rings. The van der Waals surface area contributed by atoms with Gasteiger partial charge in [0.25, 0.3) is 0 Å². The van der Waals surface area contributed by atoms with Crippen LogP contribution in [0.15, 0.2) is 128 Å².